The third-order valence-electron chi connectivity index (χ3n) is 5.37. The zero-order valence-electron chi connectivity index (χ0n) is 15.1. The molecule has 1 saturated heterocycles. The van der Waals surface area contributed by atoms with E-state index in [4.69, 9.17) is 14.2 Å². The van der Waals surface area contributed by atoms with Crippen LogP contribution < -0.4 is 0 Å². The van der Waals surface area contributed by atoms with Gasteiger partial charge in [0.05, 0.1) is 5.41 Å². The first-order valence-electron chi connectivity index (χ1n) is 8.87. The van der Waals surface area contributed by atoms with Crippen LogP contribution in [-0.2, 0) is 28.6 Å². The molecule has 0 aromatic rings. The van der Waals surface area contributed by atoms with Crippen molar-refractivity contribution in [3.8, 4) is 0 Å². The zero-order chi connectivity index (χ0) is 18.0. The SMILES string of the molecule is CCC1(OC(=O)C2CC(OC(=O)C(C)(C)CC)C(=O)O2)CCCC1. The van der Waals surface area contributed by atoms with Gasteiger partial charge in [0.2, 0.25) is 12.2 Å². The van der Waals surface area contributed by atoms with Crippen molar-refractivity contribution in [3.05, 3.63) is 0 Å². The summed E-state index contributed by atoms with van der Waals surface area (Å²) in [5.41, 5.74) is -1.10. The molecule has 1 aliphatic heterocycles. The Morgan fingerprint density at radius 2 is 1.88 bits per heavy atom. The minimum Gasteiger partial charge on any atom is -0.456 e. The van der Waals surface area contributed by atoms with Gasteiger partial charge in [0.1, 0.15) is 5.60 Å². The van der Waals surface area contributed by atoms with Crippen LogP contribution in [-0.4, -0.2) is 35.7 Å². The third kappa shape index (κ3) is 3.90. The Morgan fingerprint density at radius 3 is 2.42 bits per heavy atom. The topological polar surface area (TPSA) is 78.9 Å². The number of ether oxygens (including phenoxy) is 3. The molecule has 6 nitrogen and oxygen atoms in total. The number of carbonyl (C=O) groups is 3. The number of carbonyl (C=O) groups excluding carboxylic acids is 3. The minimum atomic E-state index is -1.03. The standard InChI is InChI=1S/C18H28O6/c1-5-17(3,4)16(21)23-12-11-13(22-14(12)19)15(20)24-18(6-2)9-7-8-10-18/h12-13H,5-11H2,1-4H3. The van der Waals surface area contributed by atoms with E-state index in [1.165, 1.54) is 0 Å². The summed E-state index contributed by atoms with van der Waals surface area (Å²) in [5.74, 6) is -1.66. The van der Waals surface area contributed by atoms with Crippen LogP contribution >= 0.6 is 0 Å². The van der Waals surface area contributed by atoms with E-state index in [2.05, 4.69) is 0 Å². The molecular weight excluding hydrogens is 312 g/mol. The fraction of sp³-hybridized carbons (Fsp3) is 0.833. The predicted molar refractivity (Wildman–Crippen MR) is 86.0 cm³/mol. The molecule has 24 heavy (non-hydrogen) atoms. The Balaban J connectivity index is 1.94. The van der Waals surface area contributed by atoms with Gasteiger partial charge < -0.3 is 14.2 Å². The molecule has 1 saturated carbocycles. The summed E-state index contributed by atoms with van der Waals surface area (Å²) in [6, 6.07) is 0. The van der Waals surface area contributed by atoms with Gasteiger partial charge in [-0.3, -0.25) is 4.79 Å². The summed E-state index contributed by atoms with van der Waals surface area (Å²) in [7, 11) is 0. The first kappa shape index (κ1) is 18.7. The summed E-state index contributed by atoms with van der Waals surface area (Å²) in [6.07, 6.45) is 3.14. The summed E-state index contributed by atoms with van der Waals surface area (Å²) in [4.78, 5) is 36.4. The second kappa shape index (κ2) is 7.11. The Labute approximate surface area is 143 Å². The highest BCUT2D eigenvalue weighted by Gasteiger charge is 2.46. The average molecular weight is 340 g/mol. The zero-order valence-corrected chi connectivity index (χ0v) is 15.1. The first-order chi connectivity index (χ1) is 11.2. The van der Waals surface area contributed by atoms with Gasteiger partial charge in [-0.25, -0.2) is 9.59 Å². The number of hydrogen-bond donors (Lipinski definition) is 0. The molecule has 2 rings (SSSR count). The number of esters is 3. The maximum Gasteiger partial charge on any atom is 0.348 e. The lowest BCUT2D eigenvalue weighted by Crippen LogP contribution is -2.36. The van der Waals surface area contributed by atoms with Crippen molar-refractivity contribution in [1.29, 1.82) is 0 Å². The van der Waals surface area contributed by atoms with Crippen LogP contribution in [0.2, 0.25) is 0 Å². The molecule has 6 heteroatoms. The number of hydrogen-bond acceptors (Lipinski definition) is 6. The van der Waals surface area contributed by atoms with Gasteiger partial charge in [-0.1, -0.05) is 13.8 Å². The van der Waals surface area contributed by atoms with Crippen molar-refractivity contribution in [2.75, 3.05) is 0 Å². The summed E-state index contributed by atoms with van der Waals surface area (Å²) in [5, 5.41) is 0. The monoisotopic (exact) mass is 340 g/mol. The molecule has 136 valence electrons. The number of cyclic esters (lactones) is 1. The van der Waals surface area contributed by atoms with E-state index in [0.29, 0.717) is 6.42 Å². The van der Waals surface area contributed by atoms with Gasteiger partial charge in [-0.05, 0) is 52.4 Å². The maximum atomic E-state index is 12.4. The van der Waals surface area contributed by atoms with Gasteiger partial charge in [0.15, 0.2) is 0 Å². The molecule has 0 bridgehead atoms. The molecule has 2 unspecified atom stereocenters. The largest absolute Gasteiger partial charge is 0.456 e. The second-order valence-electron chi connectivity index (χ2n) is 7.46. The summed E-state index contributed by atoms with van der Waals surface area (Å²) in [6.45, 7) is 7.38. The molecule has 0 N–H and O–H groups in total. The van der Waals surface area contributed by atoms with E-state index in [-0.39, 0.29) is 6.42 Å². The molecule has 0 radical (unpaired) electrons. The molecule has 0 spiro atoms. The van der Waals surface area contributed by atoms with E-state index >= 15 is 0 Å². The molecular formula is C18H28O6. The molecule has 2 aliphatic rings. The lowest BCUT2D eigenvalue weighted by Gasteiger charge is -2.28. The fourth-order valence-corrected chi connectivity index (χ4v) is 3.05. The number of rotatable bonds is 6. The highest BCUT2D eigenvalue weighted by Crippen LogP contribution is 2.37. The lowest BCUT2D eigenvalue weighted by molar-refractivity contribution is -0.175. The molecule has 0 aromatic heterocycles. The highest BCUT2D eigenvalue weighted by atomic mass is 16.6. The summed E-state index contributed by atoms with van der Waals surface area (Å²) < 4.78 is 16.0. The van der Waals surface area contributed by atoms with Gasteiger partial charge in [-0.2, -0.15) is 0 Å². The quantitative estimate of drug-likeness (QED) is 0.546. The Bertz CT molecular complexity index is 504. The van der Waals surface area contributed by atoms with Crippen LogP contribution in [0.4, 0.5) is 0 Å². The van der Waals surface area contributed by atoms with Crippen LogP contribution in [0.1, 0.15) is 72.6 Å². The summed E-state index contributed by atoms with van der Waals surface area (Å²) >= 11 is 0. The molecule has 0 aromatic carbocycles. The van der Waals surface area contributed by atoms with Crippen LogP contribution in [0.5, 0.6) is 0 Å². The van der Waals surface area contributed by atoms with Gasteiger partial charge in [-0.15, -0.1) is 0 Å². The Morgan fingerprint density at radius 1 is 1.25 bits per heavy atom. The smallest absolute Gasteiger partial charge is 0.348 e. The van der Waals surface area contributed by atoms with Gasteiger partial charge in [0.25, 0.3) is 0 Å². The lowest BCUT2D eigenvalue weighted by atomic mass is 9.90. The molecule has 0 amide bonds. The fourth-order valence-electron chi connectivity index (χ4n) is 3.05. The normalized spacial score (nSPS) is 26.1. The van der Waals surface area contributed by atoms with Crippen molar-refractivity contribution in [3.63, 3.8) is 0 Å². The van der Waals surface area contributed by atoms with Crippen LogP contribution in [0.25, 0.3) is 0 Å². The van der Waals surface area contributed by atoms with E-state index < -0.39 is 41.1 Å². The predicted octanol–water partition coefficient (Wildman–Crippen LogP) is 2.92. The molecule has 2 atom stereocenters. The van der Waals surface area contributed by atoms with Crippen LogP contribution in [0, 0.1) is 5.41 Å². The molecule has 1 heterocycles. The van der Waals surface area contributed by atoms with E-state index in [1.807, 2.05) is 13.8 Å². The van der Waals surface area contributed by atoms with Crippen molar-refractivity contribution < 1.29 is 28.6 Å². The molecule has 2 fully saturated rings. The average Bonchev–Trinajstić information content (AvgIpc) is 3.15. The highest BCUT2D eigenvalue weighted by molar-refractivity contribution is 5.88. The van der Waals surface area contributed by atoms with Crippen molar-refractivity contribution in [2.24, 2.45) is 5.41 Å². The minimum absolute atomic E-state index is 0.0307. The van der Waals surface area contributed by atoms with Crippen molar-refractivity contribution in [2.45, 2.75) is 90.4 Å². The third-order valence-corrected chi connectivity index (χ3v) is 5.37. The van der Waals surface area contributed by atoms with Crippen molar-refractivity contribution in [1.82, 2.24) is 0 Å². The van der Waals surface area contributed by atoms with Gasteiger partial charge >= 0.3 is 17.9 Å². The van der Waals surface area contributed by atoms with Crippen LogP contribution in [0.15, 0.2) is 0 Å². The maximum absolute atomic E-state index is 12.4. The first-order valence-corrected chi connectivity index (χ1v) is 8.87. The second-order valence-corrected chi connectivity index (χ2v) is 7.46. The Kier molecular flexibility index (Phi) is 5.56. The Hall–Kier alpha value is -1.59. The van der Waals surface area contributed by atoms with Crippen molar-refractivity contribution >= 4 is 17.9 Å². The van der Waals surface area contributed by atoms with Gasteiger partial charge in [0, 0.05) is 6.42 Å². The van der Waals surface area contributed by atoms with Crippen LogP contribution in [0.3, 0.4) is 0 Å². The molecule has 1 aliphatic carbocycles. The van der Waals surface area contributed by atoms with E-state index in [1.54, 1.807) is 13.8 Å². The van der Waals surface area contributed by atoms with E-state index in [9.17, 15) is 14.4 Å². The van der Waals surface area contributed by atoms with E-state index in [0.717, 1.165) is 32.1 Å².